The topological polar surface area (TPSA) is 45.2 Å². The van der Waals surface area contributed by atoms with Gasteiger partial charge in [0.15, 0.2) is 0 Å². The number of nitrogens with one attached hydrogen (secondary N) is 1. The van der Waals surface area contributed by atoms with Crippen LogP contribution in [-0.4, -0.2) is 31.5 Å². The highest BCUT2D eigenvalue weighted by Crippen LogP contribution is 2.15. The molecule has 0 aliphatic carbocycles. The van der Waals surface area contributed by atoms with Gasteiger partial charge in [-0.1, -0.05) is 12.2 Å². The Morgan fingerprint density at radius 3 is 2.81 bits per heavy atom. The summed E-state index contributed by atoms with van der Waals surface area (Å²) in [6.07, 6.45) is 3.29. The van der Waals surface area contributed by atoms with Crippen LogP contribution in [0.1, 0.15) is 17.3 Å². The Labute approximate surface area is 96.0 Å². The minimum Gasteiger partial charge on any atom is -0.376 e. The van der Waals surface area contributed by atoms with Gasteiger partial charge < -0.3 is 10.2 Å². The summed E-state index contributed by atoms with van der Waals surface area (Å²) in [5.74, 6) is -0.103. The lowest BCUT2D eigenvalue weighted by atomic mass is 10.2. The number of rotatable bonds is 4. The summed E-state index contributed by atoms with van der Waals surface area (Å²) in [5.41, 5.74) is 2.36. The first kappa shape index (κ1) is 12.2. The third-order valence-electron chi connectivity index (χ3n) is 2.08. The molecular weight excluding hydrogens is 202 g/mol. The lowest BCUT2D eigenvalue weighted by molar-refractivity contribution is 0.0957. The van der Waals surface area contributed by atoms with Crippen molar-refractivity contribution in [1.29, 1.82) is 0 Å². The van der Waals surface area contributed by atoms with Gasteiger partial charge in [0.25, 0.3) is 5.91 Å². The van der Waals surface area contributed by atoms with E-state index < -0.39 is 0 Å². The van der Waals surface area contributed by atoms with E-state index in [4.69, 9.17) is 0 Å². The first-order chi connectivity index (χ1) is 7.52. The molecule has 1 aromatic rings. The van der Waals surface area contributed by atoms with E-state index in [1.807, 2.05) is 25.9 Å². The standard InChI is InChI=1S/C12H17N3O/c1-9(2)7-14-12(16)10-5-6-13-8-11(10)15(3)4/h5-6,8H,1,7H2,2-4H3,(H,14,16). The predicted molar refractivity (Wildman–Crippen MR) is 65.7 cm³/mol. The molecule has 86 valence electrons. The van der Waals surface area contributed by atoms with E-state index in [2.05, 4.69) is 16.9 Å². The number of carbonyl (C=O) groups excluding carboxylic acids is 1. The van der Waals surface area contributed by atoms with Crippen molar-refractivity contribution in [2.24, 2.45) is 0 Å². The Bertz CT molecular complexity index is 399. The molecule has 0 bridgehead atoms. The Balaban J connectivity index is 2.86. The molecule has 16 heavy (non-hydrogen) atoms. The van der Waals surface area contributed by atoms with Crippen LogP contribution in [-0.2, 0) is 0 Å². The zero-order valence-corrected chi connectivity index (χ0v) is 9.95. The first-order valence-electron chi connectivity index (χ1n) is 5.06. The second-order valence-corrected chi connectivity index (χ2v) is 3.93. The maximum Gasteiger partial charge on any atom is 0.253 e. The van der Waals surface area contributed by atoms with Gasteiger partial charge in [-0.2, -0.15) is 0 Å². The Kier molecular flexibility index (Phi) is 4.05. The van der Waals surface area contributed by atoms with Crippen molar-refractivity contribution in [1.82, 2.24) is 10.3 Å². The van der Waals surface area contributed by atoms with E-state index in [0.29, 0.717) is 12.1 Å². The number of aromatic nitrogens is 1. The summed E-state index contributed by atoms with van der Waals surface area (Å²) in [6.45, 7) is 6.11. The second-order valence-electron chi connectivity index (χ2n) is 3.93. The molecule has 0 spiro atoms. The van der Waals surface area contributed by atoms with Crippen molar-refractivity contribution in [2.45, 2.75) is 6.92 Å². The quantitative estimate of drug-likeness (QED) is 0.780. The Morgan fingerprint density at radius 1 is 1.56 bits per heavy atom. The lowest BCUT2D eigenvalue weighted by Crippen LogP contribution is -2.27. The van der Waals surface area contributed by atoms with Gasteiger partial charge >= 0.3 is 0 Å². The van der Waals surface area contributed by atoms with Gasteiger partial charge in [-0.25, -0.2) is 0 Å². The van der Waals surface area contributed by atoms with E-state index in [-0.39, 0.29) is 5.91 Å². The number of pyridine rings is 1. The maximum absolute atomic E-state index is 11.9. The minimum atomic E-state index is -0.103. The van der Waals surface area contributed by atoms with Crippen LogP contribution in [0, 0.1) is 0 Å². The van der Waals surface area contributed by atoms with Crippen molar-refractivity contribution in [2.75, 3.05) is 25.5 Å². The summed E-state index contributed by atoms with van der Waals surface area (Å²) < 4.78 is 0. The molecule has 0 saturated carbocycles. The van der Waals surface area contributed by atoms with E-state index >= 15 is 0 Å². The molecule has 0 aliphatic heterocycles. The number of hydrogen-bond acceptors (Lipinski definition) is 3. The average Bonchev–Trinajstić information content (AvgIpc) is 2.25. The van der Waals surface area contributed by atoms with Gasteiger partial charge in [0.05, 0.1) is 17.4 Å². The number of anilines is 1. The molecule has 0 radical (unpaired) electrons. The fourth-order valence-corrected chi connectivity index (χ4v) is 1.26. The maximum atomic E-state index is 11.9. The molecule has 0 fully saturated rings. The fourth-order valence-electron chi connectivity index (χ4n) is 1.26. The van der Waals surface area contributed by atoms with Crippen LogP contribution in [0.5, 0.6) is 0 Å². The van der Waals surface area contributed by atoms with Gasteiger partial charge in [-0.15, -0.1) is 0 Å². The van der Waals surface area contributed by atoms with Crippen molar-refractivity contribution >= 4 is 11.6 Å². The zero-order chi connectivity index (χ0) is 12.1. The van der Waals surface area contributed by atoms with Crippen LogP contribution >= 0.6 is 0 Å². The molecule has 1 amide bonds. The third-order valence-corrected chi connectivity index (χ3v) is 2.08. The van der Waals surface area contributed by atoms with Crippen molar-refractivity contribution < 1.29 is 4.79 Å². The Hall–Kier alpha value is -1.84. The van der Waals surface area contributed by atoms with E-state index in [1.54, 1.807) is 18.5 Å². The molecule has 4 nitrogen and oxygen atoms in total. The monoisotopic (exact) mass is 219 g/mol. The van der Waals surface area contributed by atoms with E-state index in [0.717, 1.165) is 11.3 Å². The first-order valence-corrected chi connectivity index (χ1v) is 5.06. The molecule has 1 heterocycles. The third kappa shape index (κ3) is 3.08. The summed E-state index contributed by atoms with van der Waals surface area (Å²) >= 11 is 0. The van der Waals surface area contributed by atoms with Gasteiger partial charge in [-0.05, 0) is 13.0 Å². The number of amides is 1. The smallest absolute Gasteiger partial charge is 0.253 e. The predicted octanol–water partition coefficient (Wildman–Crippen LogP) is 1.45. The molecule has 1 aromatic heterocycles. The molecular formula is C12H17N3O. The van der Waals surface area contributed by atoms with Gasteiger partial charge in [0, 0.05) is 26.8 Å². The Morgan fingerprint density at radius 2 is 2.25 bits per heavy atom. The summed E-state index contributed by atoms with van der Waals surface area (Å²) in [6, 6.07) is 1.71. The van der Waals surface area contributed by atoms with Crippen molar-refractivity contribution in [3.05, 3.63) is 36.2 Å². The van der Waals surface area contributed by atoms with Crippen LogP contribution in [0.3, 0.4) is 0 Å². The van der Waals surface area contributed by atoms with Crippen LogP contribution in [0.15, 0.2) is 30.6 Å². The molecule has 1 N–H and O–H groups in total. The van der Waals surface area contributed by atoms with E-state index in [9.17, 15) is 4.79 Å². The van der Waals surface area contributed by atoms with Gasteiger partial charge in [0.1, 0.15) is 0 Å². The normalized spacial score (nSPS) is 9.69. The number of hydrogen-bond donors (Lipinski definition) is 1. The largest absolute Gasteiger partial charge is 0.376 e. The minimum absolute atomic E-state index is 0.103. The molecule has 0 saturated heterocycles. The zero-order valence-electron chi connectivity index (χ0n) is 9.95. The summed E-state index contributed by atoms with van der Waals surface area (Å²) in [4.78, 5) is 17.7. The van der Waals surface area contributed by atoms with Crippen LogP contribution < -0.4 is 10.2 Å². The molecule has 1 rings (SSSR count). The molecule has 4 heteroatoms. The van der Waals surface area contributed by atoms with Crippen LogP contribution in [0.25, 0.3) is 0 Å². The fraction of sp³-hybridized carbons (Fsp3) is 0.333. The van der Waals surface area contributed by atoms with Crippen LogP contribution in [0.4, 0.5) is 5.69 Å². The number of nitrogens with zero attached hydrogens (tertiary/aromatic N) is 2. The van der Waals surface area contributed by atoms with Crippen LogP contribution in [0.2, 0.25) is 0 Å². The van der Waals surface area contributed by atoms with E-state index in [1.165, 1.54) is 0 Å². The molecule has 0 aromatic carbocycles. The van der Waals surface area contributed by atoms with Crippen molar-refractivity contribution in [3.8, 4) is 0 Å². The van der Waals surface area contributed by atoms with Gasteiger partial charge in [-0.3, -0.25) is 9.78 Å². The highest BCUT2D eigenvalue weighted by Gasteiger charge is 2.11. The molecule has 0 aliphatic rings. The SMILES string of the molecule is C=C(C)CNC(=O)c1ccncc1N(C)C. The highest BCUT2D eigenvalue weighted by molar-refractivity contribution is 5.99. The highest BCUT2D eigenvalue weighted by atomic mass is 16.1. The summed E-state index contributed by atoms with van der Waals surface area (Å²) in [7, 11) is 3.76. The lowest BCUT2D eigenvalue weighted by Gasteiger charge is -2.16. The molecule has 0 unspecified atom stereocenters. The van der Waals surface area contributed by atoms with Gasteiger partial charge in [0.2, 0.25) is 0 Å². The second kappa shape index (κ2) is 5.30. The average molecular weight is 219 g/mol. The van der Waals surface area contributed by atoms with Crippen molar-refractivity contribution in [3.63, 3.8) is 0 Å². The summed E-state index contributed by atoms with van der Waals surface area (Å²) in [5, 5.41) is 2.80. The number of carbonyl (C=O) groups is 1. The molecule has 0 atom stereocenters.